The van der Waals surface area contributed by atoms with Crippen LogP contribution in [0.3, 0.4) is 0 Å². The van der Waals surface area contributed by atoms with E-state index in [1.807, 2.05) is 17.7 Å². The lowest BCUT2D eigenvalue weighted by atomic mass is 9.96. The lowest BCUT2D eigenvalue weighted by molar-refractivity contribution is 0.0778. The quantitative estimate of drug-likeness (QED) is 0.278. The highest BCUT2D eigenvalue weighted by molar-refractivity contribution is 5.83. The maximum Gasteiger partial charge on any atom is 0.253 e. The third-order valence-electron chi connectivity index (χ3n) is 9.13. The van der Waals surface area contributed by atoms with Crippen molar-refractivity contribution < 1.29 is 4.74 Å². The van der Waals surface area contributed by atoms with E-state index in [9.17, 15) is 4.79 Å². The molecule has 4 heterocycles. The fraction of sp³-hybridized carbons (Fsp3) is 0.371. The van der Waals surface area contributed by atoms with Crippen molar-refractivity contribution in [2.45, 2.75) is 51.4 Å². The molecule has 0 unspecified atom stereocenters. The summed E-state index contributed by atoms with van der Waals surface area (Å²) in [7, 11) is 0. The number of benzene rings is 3. The van der Waals surface area contributed by atoms with Gasteiger partial charge in [-0.2, -0.15) is 0 Å². The number of nitrogens with zero attached hydrogens (tertiary/aromatic N) is 6. The zero-order valence-corrected chi connectivity index (χ0v) is 25.4. The molecule has 0 spiro atoms. The van der Waals surface area contributed by atoms with Gasteiger partial charge < -0.3 is 9.72 Å². The van der Waals surface area contributed by atoms with Gasteiger partial charge in [-0.05, 0) is 71.3 Å². The fourth-order valence-corrected chi connectivity index (χ4v) is 7.06. The number of aryl methyl sites for hydroxylation is 2. The summed E-state index contributed by atoms with van der Waals surface area (Å²) in [5, 5.41) is 14.1. The van der Waals surface area contributed by atoms with Crippen LogP contribution in [0.2, 0.25) is 0 Å². The third kappa shape index (κ3) is 5.70. The van der Waals surface area contributed by atoms with Crippen molar-refractivity contribution in [3.63, 3.8) is 0 Å². The van der Waals surface area contributed by atoms with Gasteiger partial charge in [0.15, 0.2) is 5.82 Å². The minimum absolute atomic E-state index is 0.0763. The topological polar surface area (TPSA) is 92.2 Å². The molecule has 0 amide bonds. The van der Waals surface area contributed by atoms with Crippen molar-refractivity contribution >= 4 is 10.9 Å². The van der Waals surface area contributed by atoms with E-state index in [4.69, 9.17) is 4.74 Å². The van der Waals surface area contributed by atoms with Crippen LogP contribution in [0.15, 0.2) is 83.7 Å². The molecule has 1 N–H and O–H groups in total. The molecular formula is C35H39N7O2. The molecule has 9 nitrogen and oxygen atoms in total. The first-order chi connectivity index (χ1) is 21.5. The van der Waals surface area contributed by atoms with Gasteiger partial charge >= 0.3 is 0 Å². The molecule has 0 bridgehead atoms. The Kier molecular flexibility index (Phi) is 8.08. The van der Waals surface area contributed by atoms with Crippen molar-refractivity contribution in [3.05, 3.63) is 123 Å². The molecule has 0 aliphatic carbocycles. The van der Waals surface area contributed by atoms with Crippen LogP contribution in [0.4, 0.5) is 0 Å². The molecule has 9 heteroatoms. The van der Waals surface area contributed by atoms with Gasteiger partial charge in [0.05, 0.1) is 24.2 Å². The number of piperazine rings is 1. The van der Waals surface area contributed by atoms with E-state index in [-0.39, 0.29) is 17.7 Å². The number of fused-ring (bicyclic) bond motifs is 1. The van der Waals surface area contributed by atoms with Gasteiger partial charge in [-0.15, -0.1) is 5.10 Å². The normalized spacial score (nSPS) is 18.8. The van der Waals surface area contributed by atoms with Crippen molar-refractivity contribution in [2.75, 3.05) is 32.8 Å². The number of H-pyrrole nitrogens is 1. The molecule has 3 aromatic carbocycles. The van der Waals surface area contributed by atoms with Crippen LogP contribution in [-0.4, -0.2) is 73.9 Å². The summed E-state index contributed by atoms with van der Waals surface area (Å²) in [6, 6.07) is 27.5. The second kappa shape index (κ2) is 12.4. The molecule has 7 rings (SSSR count). The van der Waals surface area contributed by atoms with Gasteiger partial charge in [-0.25, -0.2) is 4.68 Å². The van der Waals surface area contributed by atoms with Crippen LogP contribution in [0.1, 0.15) is 58.6 Å². The predicted octanol–water partition coefficient (Wildman–Crippen LogP) is 4.81. The van der Waals surface area contributed by atoms with E-state index >= 15 is 0 Å². The monoisotopic (exact) mass is 589 g/mol. The minimum atomic E-state index is -0.394. The number of aromatic nitrogens is 5. The lowest BCUT2D eigenvalue weighted by Gasteiger charge is -2.42. The summed E-state index contributed by atoms with van der Waals surface area (Å²) >= 11 is 0. The molecule has 0 saturated carbocycles. The molecule has 226 valence electrons. The Morgan fingerprint density at radius 1 is 0.886 bits per heavy atom. The van der Waals surface area contributed by atoms with Crippen LogP contribution >= 0.6 is 0 Å². The second-order valence-electron chi connectivity index (χ2n) is 12.2. The molecule has 2 fully saturated rings. The highest BCUT2D eigenvalue weighted by Crippen LogP contribution is 2.33. The summed E-state index contributed by atoms with van der Waals surface area (Å²) in [5.74, 6) is 0.686. The van der Waals surface area contributed by atoms with E-state index in [1.165, 1.54) is 11.1 Å². The van der Waals surface area contributed by atoms with E-state index < -0.39 is 6.04 Å². The Morgan fingerprint density at radius 2 is 1.55 bits per heavy atom. The van der Waals surface area contributed by atoms with Crippen LogP contribution in [-0.2, 0) is 11.3 Å². The number of hydrogen-bond acceptors (Lipinski definition) is 7. The Bertz CT molecular complexity index is 1730. The van der Waals surface area contributed by atoms with Crippen molar-refractivity contribution in [3.8, 4) is 0 Å². The summed E-state index contributed by atoms with van der Waals surface area (Å²) < 4.78 is 7.80. The molecule has 2 aromatic heterocycles. The van der Waals surface area contributed by atoms with Crippen LogP contribution in [0.25, 0.3) is 10.9 Å². The SMILES string of the molecule is Cc1cc(C)c2[nH]c(=O)c([C@@H](c3nnnn3C[C@@H]3CCCO3)N3CCN(C(c4ccccc4)c4ccccc4)CC3)cc2c1. The van der Waals surface area contributed by atoms with Crippen LogP contribution in [0.5, 0.6) is 0 Å². The van der Waals surface area contributed by atoms with Crippen molar-refractivity contribution in [1.82, 2.24) is 35.0 Å². The molecule has 2 saturated heterocycles. The van der Waals surface area contributed by atoms with Gasteiger partial charge in [-0.3, -0.25) is 14.6 Å². The summed E-state index contributed by atoms with van der Waals surface area (Å²) in [5.41, 5.74) is 6.22. The van der Waals surface area contributed by atoms with Gasteiger partial charge in [0.2, 0.25) is 0 Å². The average molecular weight is 590 g/mol. The predicted molar refractivity (Wildman–Crippen MR) is 171 cm³/mol. The maximum absolute atomic E-state index is 13.9. The first kappa shape index (κ1) is 28.6. The number of aromatic amines is 1. The number of hydrogen-bond donors (Lipinski definition) is 1. The van der Waals surface area contributed by atoms with Gasteiger partial charge in [-0.1, -0.05) is 72.3 Å². The van der Waals surface area contributed by atoms with E-state index in [0.717, 1.165) is 67.7 Å². The van der Waals surface area contributed by atoms with Gasteiger partial charge in [0.25, 0.3) is 5.56 Å². The molecular weight excluding hydrogens is 550 g/mol. The molecule has 2 atom stereocenters. The van der Waals surface area contributed by atoms with Crippen LogP contribution < -0.4 is 5.56 Å². The standard InChI is InChI=1S/C35H39N7O2/c1-24-20-25(2)31-28(21-24)22-30(35(43)36-31)33(34-37-38-39-42(34)23-29-14-9-19-44-29)41-17-15-40(16-18-41)32(26-10-5-3-6-11-26)27-12-7-4-8-13-27/h3-8,10-13,20-22,29,32-33H,9,14-19,23H2,1-2H3,(H,36,43)/t29-,33-/m0/s1. The van der Waals surface area contributed by atoms with Crippen molar-refractivity contribution in [1.29, 1.82) is 0 Å². The summed E-state index contributed by atoms with van der Waals surface area (Å²) in [4.78, 5) is 22.0. The van der Waals surface area contributed by atoms with Crippen LogP contribution in [0, 0.1) is 13.8 Å². The fourth-order valence-electron chi connectivity index (χ4n) is 7.06. The first-order valence-electron chi connectivity index (χ1n) is 15.6. The van der Waals surface area contributed by atoms with E-state index in [2.05, 4.69) is 110 Å². The zero-order valence-electron chi connectivity index (χ0n) is 25.4. The average Bonchev–Trinajstić information content (AvgIpc) is 3.73. The van der Waals surface area contributed by atoms with Gasteiger partial charge in [0.1, 0.15) is 6.04 Å². The Balaban J connectivity index is 1.25. The zero-order chi connectivity index (χ0) is 30.0. The number of nitrogens with one attached hydrogen (secondary N) is 1. The van der Waals surface area contributed by atoms with E-state index in [1.54, 1.807) is 0 Å². The Hall–Kier alpha value is -4.18. The molecule has 5 aromatic rings. The molecule has 2 aliphatic rings. The smallest absolute Gasteiger partial charge is 0.253 e. The number of ether oxygens (including phenoxy) is 1. The second-order valence-corrected chi connectivity index (χ2v) is 12.2. The Morgan fingerprint density at radius 3 is 2.18 bits per heavy atom. The highest BCUT2D eigenvalue weighted by atomic mass is 16.5. The highest BCUT2D eigenvalue weighted by Gasteiger charge is 2.35. The summed E-state index contributed by atoms with van der Waals surface area (Å²) in [6.07, 6.45) is 2.10. The molecule has 0 radical (unpaired) electrons. The molecule has 44 heavy (non-hydrogen) atoms. The van der Waals surface area contributed by atoms with Crippen molar-refractivity contribution in [2.24, 2.45) is 0 Å². The van der Waals surface area contributed by atoms with E-state index in [0.29, 0.717) is 17.9 Å². The maximum atomic E-state index is 13.9. The largest absolute Gasteiger partial charge is 0.376 e. The number of tetrazole rings is 1. The number of rotatable bonds is 8. The van der Waals surface area contributed by atoms with Gasteiger partial charge in [0, 0.05) is 38.3 Å². The molecule has 2 aliphatic heterocycles. The first-order valence-corrected chi connectivity index (χ1v) is 15.6. The number of pyridine rings is 1. The Labute approximate surface area is 257 Å². The summed E-state index contributed by atoms with van der Waals surface area (Å²) in [6.45, 7) is 8.67. The lowest BCUT2D eigenvalue weighted by Crippen LogP contribution is -2.50. The minimum Gasteiger partial charge on any atom is -0.376 e. The third-order valence-corrected chi connectivity index (χ3v) is 9.13.